The predicted octanol–water partition coefficient (Wildman–Crippen LogP) is 4.79. The second-order valence-electron chi connectivity index (χ2n) is 5.85. The first kappa shape index (κ1) is 14.2. The lowest BCUT2D eigenvalue weighted by atomic mass is 9.87. The van der Waals surface area contributed by atoms with Crippen LogP contribution in [0.25, 0.3) is 0 Å². The maximum absolute atomic E-state index is 4.76. The molecule has 0 aliphatic carbocycles. The zero-order chi connectivity index (χ0) is 12.4. The van der Waals surface area contributed by atoms with Crippen molar-refractivity contribution < 1.29 is 0 Å². The van der Waals surface area contributed by atoms with Gasteiger partial charge in [-0.05, 0) is 11.8 Å². The third kappa shape index (κ3) is 3.56. The van der Waals surface area contributed by atoms with Gasteiger partial charge in [0.25, 0.3) is 0 Å². The fourth-order valence-electron chi connectivity index (χ4n) is 1.37. The number of aromatic nitrogens is 1. The van der Waals surface area contributed by atoms with E-state index >= 15 is 0 Å². The zero-order valence-electron chi connectivity index (χ0n) is 10.9. The van der Waals surface area contributed by atoms with Crippen LogP contribution in [0.1, 0.15) is 51.7 Å². The van der Waals surface area contributed by atoms with Crippen molar-refractivity contribution in [2.45, 2.75) is 52.9 Å². The van der Waals surface area contributed by atoms with Crippen molar-refractivity contribution in [1.82, 2.24) is 4.98 Å². The maximum Gasteiger partial charge on any atom is 0.0934 e. The van der Waals surface area contributed by atoms with Gasteiger partial charge in [-0.15, -0.1) is 11.3 Å². The summed E-state index contributed by atoms with van der Waals surface area (Å²) in [6.07, 6.45) is 2.26. The number of halogens is 1. The lowest BCUT2D eigenvalue weighted by Crippen LogP contribution is -2.20. The standard InChI is InChI=1S/C13H22BrNS/c1-6-13(5,9-14)7-11-15-10(8-16-11)12(2,3)4/h8H,6-7,9H2,1-5H3. The minimum atomic E-state index is 0.172. The minimum absolute atomic E-state index is 0.172. The van der Waals surface area contributed by atoms with Gasteiger partial charge in [-0.1, -0.05) is 50.5 Å². The average molecular weight is 304 g/mol. The fraction of sp³-hybridized carbons (Fsp3) is 0.769. The van der Waals surface area contributed by atoms with Crippen molar-refractivity contribution in [3.05, 3.63) is 16.1 Å². The molecule has 0 aliphatic heterocycles. The Morgan fingerprint density at radius 2 is 1.94 bits per heavy atom. The molecule has 0 fully saturated rings. The fourth-order valence-corrected chi connectivity index (χ4v) is 3.20. The molecular formula is C13H22BrNS. The van der Waals surface area contributed by atoms with E-state index in [1.807, 2.05) is 0 Å². The number of thiazole rings is 1. The van der Waals surface area contributed by atoms with Crippen LogP contribution >= 0.6 is 27.3 Å². The second kappa shape index (κ2) is 5.18. The second-order valence-corrected chi connectivity index (χ2v) is 7.35. The quantitative estimate of drug-likeness (QED) is 0.729. The van der Waals surface area contributed by atoms with Gasteiger partial charge in [0.2, 0.25) is 0 Å². The topological polar surface area (TPSA) is 12.9 Å². The van der Waals surface area contributed by atoms with E-state index in [1.165, 1.54) is 17.1 Å². The molecule has 0 saturated carbocycles. The van der Waals surface area contributed by atoms with E-state index in [1.54, 1.807) is 11.3 Å². The molecule has 0 spiro atoms. The van der Waals surface area contributed by atoms with Gasteiger partial charge in [0.05, 0.1) is 10.7 Å². The summed E-state index contributed by atoms with van der Waals surface area (Å²) in [6.45, 7) is 11.2. The molecule has 0 bridgehead atoms. The van der Waals surface area contributed by atoms with E-state index in [-0.39, 0.29) is 5.41 Å². The van der Waals surface area contributed by atoms with Gasteiger partial charge < -0.3 is 0 Å². The summed E-state index contributed by atoms with van der Waals surface area (Å²) in [6, 6.07) is 0. The Hall–Kier alpha value is 0.110. The monoisotopic (exact) mass is 303 g/mol. The Morgan fingerprint density at radius 3 is 2.31 bits per heavy atom. The van der Waals surface area contributed by atoms with Gasteiger partial charge in [0, 0.05) is 22.5 Å². The normalized spacial score (nSPS) is 16.1. The molecule has 0 N–H and O–H groups in total. The highest BCUT2D eigenvalue weighted by Crippen LogP contribution is 2.31. The van der Waals surface area contributed by atoms with E-state index in [4.69, 9.17) is 4.98 Å². The largest absolute Gasteiger partial charge is 0.246 e. The molecule has 0 aromatic carbocycles. The third-order valence-electron chi connectivity index (χ3n) is 3.07. The highest BCUT2D eigenvalue weighted by Gasteiger charge is 2.24. The third-order valence-corrected chi connectivity index (χ3v) is 5.28. The molecule has 1 rings (SSSR count). The molecule has 0 radical (unpaired) electrons. The minimum Gasteiger partial charge on any atom is -0.246 e. The lowest BCUT2D eigenvalue weighted by Gasteiger charge is -2.24. The molecule has 0 aliphatic rings. The highest BCUT2D eigenvalue weighted by molar-refractivity contribution is 9.09. The van der Waals surface area contributed by atoms with Crippen molar-refractivity contribution in [2.24, 2.45) is 5.41 Å². The summed E-state index contributed by atoms with van der Waals surface area (Å²) in [4.78, 5) is 4.76. The molecule has 1 heterocycles. The van der Waals surface area contributed by atoms with Gasteiger partial charge in [-0.3, -0.25) is 0 Å². The van der Waals surface area contributed by atoms with Gasteiger partial charge >= 0.3 is 0 Å². The summed E-state index contributed by atoms with van der Waals surface area (Å²) in [5.74, 6) is 0. The van der Waals surface area contributed by atoms with Crippen LogP contribution in [0.4, 0.5) is 0 Å². The maximum atomic E-state index is 4.76. The number of nitrogens with zero attached hydrogens (tertiary/aromatic N) is 1. The van der Waals surface area contributed by atoms with Crippen molar-refractivity contribution in [3.63, 3.8) is 0 Å². The molecule has 1 nitrogen and oxygen atoms in total. The van der Waals surface area contributed by atoms with Crippen LogP contribution in [0.2, 0.25) is 0 Å². The molecule has 16 heavy (non-hydrogen) atoms. The van der Waals surface area contributed by atoms with Crippen LogP contribution in [-0.4, -0.2) is 10.3 Å². The van der Waals surface area contributed by atoms with Crippen molar-refractivity contribution >= 4 is 27.3 Å². The number of hydrogen-bond donors (Lipinski definition) is 0. The Balaban J connectivity index is 2.80. The first-order chi connectivity index (χ1) is 7.30. The van der Waals surface area contributed by atoms with E-state index < -0.39 is 0 Å². The number of rotatable bonds is 4. The van der Waals surface area contributed by atoms with Crippen LogP contribution in [0.3, 0.4) is 0 Å². The van der Waals surface area contributed by atoms with Crippen molar-refractivity contribution in [3.8, 4) is 0 Å². The average Bonchev–Trinajstić information content (AvgIpc) is 2.65. The number of hydrogen-bond acceptors (Lipinski definition) is 2. The first-order valence-corrected chi connectivity index (χ1v) is 7.82. The summed E-state index contributed by atoms with van der Waals surface area (Å²) >= 11 is 5.41. The highest BCUT2D eigenvalue weighted by atomic mass is 79.9. The van der Waals surface area contributed by atoms with Crippen molar-refractivity contribution in [2.75, 3.05) is 5.33 Å². The van der Waals surface area contributed by atoms with E-state index in [0.29, 0.717) is 5.41 Å². The molecule has 1 aromatic heterocycles. The van der Waals surface area contributed by atoms with Crippen LogP contribution in [0, 0.1) is 5.41 Å². The molecule has 0 amide bonds. The molecule has 1 aromatic rings. The summed E-state index contributed by atoms with van der Waals surface area (Å²) in [5, 5.41) is 4.52. The Kier molecular flexibility index (Phi) is 4.58. The van der Waals surface area contributed by atoms with Gasteiger partial charge in [0.15, 0.2) is 0 Å². The molecule has 0 saturated heterocycles. The predicted molar refractivity (Wildman–Crippen MR) is 76.7 cm³/mol. The Labute approximate surface area is 112 Å². The summed E-state index contributed by atoms with van der Waals surface area (Å²) in [7, 11) is 0. The Morgan fingerprint density at radius 1 is 1.31 bits per heavy atom. The molecule has 3 heteroatoms. The van der Waals surface area contributed by atoms with Gasteiger partial charge in [0.1, 0.15) is 0 Å². The van der Waals surface area contributed by atoms with E-state index in [0.717, 1.165) is 11.8 Å². The molecule has 1 atom stereocenters. The van der Waals surface area contributed by atoms with Crippen LogP contribution < -0.4 is 0 Å². The zero-order valence-corrected chi connectivity index (χ0v) is 13.3. The molecular weight excluding hydrogens is 282 g/mol. The first-order valence-electron chi connectivity index (χ1n) is 5.81. The number of alkyl halides is 1. The van der Waals surface area contributed by atoms with E-state index in [9.17, 15) is 0 Å². The molecule has 92 valence electrons. The van der Waals surface area contributed by atoms with Crippen LogP contribution in [0.5, 0.6) is 0 Å². The van der Waals surface area contributed by atoms with Crippen LogP contribution in [-0.2, 0) is 11.8 Å². The SMILES string of the molecule is CCC(C)(CBr)Cc1nc(C(C)(C)C)cs1. The Bertz CT molecular complexity index is 334. The van der Waals surface area contributed by atoms with Crippen LogP contribution in [0.15, 0.2) is 5.38 Å². The summed E-state index contributed by atoms with van der Waals surface area (Å²) < 4.78 is 0. The lowest BCUT2D eigenvalue weighted by molar-refractivity contribution is 0.360. The van der Waals surface area contributed by atoms with Gasteiger partial charge in [-0.2, -0.15) is 0 Å². The smallest absolute Gasteiger partial charge is 0.0934 e. The summed E-state index contributed by atoms with van der Waals surface area (Å²) in [5.41, 5.74) is 1.74. The van der Waals surface area contributed by atoms with Crippen molar-refractivity contribution in [1.29, 1.82) is 0 Å². The molecule has 1 unspecified atom stereocenters. The van der Waals surface area contributed by atoms with E-state index in [2.05, 4.69) is 55.9 Å². The van der Waals surface area contributed by atoms with Gasteiger partial charge in [-0.25, -0.2) is 4.98 Å².